The average molecular weight is 160 g/mol. The smallest absolute Gasteiger partial charge is 0.206 e. The first kappa shape index (κ1) is 8.17. The number of hydrogen-bond donors (Lipinski definition) is 0. The van der Waals surface area contributed by atoms with E-state index in [1.807, 2.05) is 0 Å². The SMILES string of the molecule is Cc1cnn(C(C)(F)F)c1C. The Labute approximate surface area is 63.8 Å². The predicted octanol–water partition coefficient (Wildman–Crippen LogP) is 2.07. The molecule has 0 unspecified atom stereocenters. The van der Waals surface area contributed by atoms with E-state index in [1.165, 1.54) is 6.20 Å². The molecule has 0 saturated carbocycles. The van der Waals surface area contributed by atoms with Gasteiger partial charge in [-0.25, -0.2) is 4.68 Å². The zero-order chi connectivity index (χ0) is 8.65. The Balaban J connectivity index is 3.15. The van der Waals surface area contributed by atoms with Gasteiger partial charge in [-0.05, 0) is 19.4 Å². The Kier molecular flexibility index (Phi) is 1.70. The van der Waals surface area contributed by atoms with E-state index in [0.29, 0.717) is 5.69 Å². The zero-order valence-corrected chi connectivity index (χ0v) is 6.73. The monoisotopic (exact) mass is 160 g/mol. The van der Waals surface area contributed by atoms with Crippen LogP contribution in [0.2, 0.25) is 0 Å². The third kappa shape index (κ3) is 1.39. The minimum absolute atomic E-state index is 0.512. The molecule has 1 aromatic heterocycles. The van der Waals surface area contributed by atoms with Gasteiger partial charge in [0.05, 0.1) is 6.20 Å². The average Bonchev–Trinajstić information content (AvgIpc) is 2.11. The van der Waals surface area contributed by atoms with Crippen molar-refractivity contribution < 1.29 is 8.78 Å². The standard InChI is InChI=1S/C7H10F2N2/c1-5-4-10-11(6(5)2)7(3,8)9/h4H,1-3H3. The second-order valence-electron chi connectivity index (χ2n) is 2.67. The van der Waals surface area contributed by atoms with E-state index in [9.17, 15) is 8.78 Å². The van der Waals surface area contributed by atoms with E-state index in [0.717, 1.165) is 17.2 Å². The summed E-state index contributed by atoms with van der Waals surface area (Å²) < 4.78 is 26.0. The maximum absolute atomic E-state index is 12.6. The third-order valence-corrected chi connectivity index (χ3v) is 1.63. The molecule has 2 nitrogen and oxygen atoms in total. The first-order chi connectivity index (χ1) is 4.93. The van der Waals surface area contributed by atoms with Gasteiger partial charge in [-0.2, -0.15) is 13.9 Å². The van der Waals surface area contributed by atoms with Gasteiger partial charge < -0.3 is 0 Å². The van der Waals surface area contributed by atoms with Crippen LogP contribution in [0.3, 0.4) is 0 Å². The number of aryl methyl sites for hydroxylation is 1. The van der Waals surface area contributed by atoms with Gasteiger partial charge in [-0.15, -0.1) is 0 Å². The van der Waals surface area contributed by atoms with E-state index >= 15 is 0 Å². The predicted molar refractivity (Wildman–Crippen MR) is 37.6 cm³/mol. The van der Waals surface area contributed by atoms with Crippen molar-refractivity contribution in [1.82, 2.24) is 9.78 Å². The van der Waals surface area contributed by atoms with Gasteiger partial charge in [0.15, 0.2) is 0 Å². The number of hydrogen-bond acceptors (Lipinski definition) is 1. The molecule has 0 aromatic carbocycles. The van der Waals surface area contributed by atoms with Crippen LogP contribution in [0.25, 0.3) is 0 Å². The molecule has 1 rings (SSSR count). The fraction of sp³-hybridized carbons (Fsp3) is 0.571. The minimum Gasteiger partial charge on any atom is -0.206 e. The normalized spacial score (nSPS) is 12.1. The second-order valence-corrected chi connectivity index (χ2v) is 2.67. The highest BCUT2D eigenvalue weighted by Crippen LogP contribution is 2.21. The molecule has 62 valence electrons. The van der Waals surface area contributed by atoms with Crippen LogP contribution in [0, 0.1) is 13.8 Å². The van der Waals surface area contributed by atoms with Gasteiger partial charge in [-0.3, -0.25) is 0 Å². The maximum atomic E-state index is 12.6. The molecule has 0 N–H and O–H groups in total. The van der Waals surface area contributed by atoms with Gasteiger partial charge in [0.25, 0.3) is 0 Å². The van der Waals surface area contributed by atoms with E-state index in [2.05, 4.69) is 5.10 Å². The fourth-order valence-electron chi connectivity index (χ4n) is 0.887. The molecule has 0 spiro atoms. The molecule has 0 fully saturated rings. The van der Waals surface area contributed by atoms with Crippen molar-refractivity contribution in [2.75, 3.05) is 0 Å². The molecule has 0 bridgehead atoms. The Hall–Kier alpha value is -0.930. The van der Waals surface area contributed by atoms with Crippen LogP contribution < -0.4 is 0 Å². The van der Waals surface area contributed by atoms with Crippen LogP contribution in [0.5, 0.6) is 0 Å². The molecule has 1 aromatic rings. The lowest BCUT2D eigenvalue weighted by atomic mass is 10.3. The van der Waals surface area contributed by atoms with Gasteiger partial charge in [0, 0.05) is 12.6 Å². The number of alkyl halides is 2. The lowest BCUT2D eigenvalue weighted by molar-refractivity contribution is -0.0740. The van der Waals surface area contributed by atoms with Crippen molar-refractivity contribution >= 4 is 0 Å². The Morgan fingerprint density at radius 2 is 2.00 bits per heavy atom. The Bertz CT molecular complexity index is 260. The fourth-order valence-corrected chi connectivity index (χ4v) is 0.887. The summed E-state index contributed by atoms with van der Waals surface area (Å²) in [5.74, 6) is 0. The van der Waals surface area contributed by atoms with Crippen LogP contribution in [0.15, 0.2) is 6.20 Å². The van der Waals surface area contributed by atoms with Crippen LogP contribution in [-0.4, -0.2) is 9.78 Å². The molecule has 0 aliphatic rings. The van der Waals surface area contributed by atoms with Gasteiger partial charge in [0.1, 0.15) is 0 Å². The van der Waals surface area contributed by atoms with Crippen molar-refractivity contribution in [2.45, 2.75) is 26.8 Å². The largest absolute Gasteiger partial charge is 0.340 e. The summed E-state index contributed by atoms with van der Waals surface area (Å²) >= 11 is 0. The summed E-state index contributed by atoms with van der Waals surface area (Å²) in [6.07, 6.45) is 1.44. The first-order valence-corrected chi connectivity index (χ1v) is 3.32. The third-order valence-electron chi connectivity index (χ3n) is 1.63. The molecule has 1 heterocycles. The number of halogens is 2. The maximum Gasteiger partial charge on any atom is 0.340 e. The van der Waals surface area contributed by atoms with Crippen molar-refractivity contribution in [1.29, 1.82) is 0 Å². The Morgan fingerprint density at radius 3 is 2.18 bits per heavy atom. The van der Waals surface area contributed by atoms with Crippen LogP contribution in [0.1, 0.15) is 18.2 Å². The highest BCUT2D eigenvalue weighted by Gasteiger charge is 2.26. The molecule has 0 saturated heterocycles. The topological polar surface area (TPSA) is 17.8 Å². The summed E-state index contributed by atoms with van der Waals surface area (Å²) in [5.41, 5.74) is 1.30. The zero-order valence-electron chi connectivity index (χ0n) is 6.73. The summed E-state index contributed by atoms with van der Waals surface area (Å²) in [5, 5.41) is 3.55. The van der Waals surface area contributed by atoms with Crippen molar-refractivity contribution in [3.8, 4) is 0 Å². The molecule has 0 atom stereocenters. The van der Waals surface area contributed by atoms with Gasteiger partial charge in [-0.1, -0.05) is 0 Å². The lowest BCUT2D eigenvalue weighted by Gasteiger charge is -2.12. The minimum atomic E-state index is -2.89. The summed E-state index contributed by atoms with van der Waals surface area (Å²) in [7, 11) is 0. The van der Waals surface area contributed by atoms with Crippen LogP contribution >= 0.6 is 0 Å². The van der Waals surface area contributed by atoms with Gasteiger partial charge >= 0.3 is 6.05 Å². The number of nitrogens with zero attached hydrogens (tertiary/aromatic N) is 2. The Morgan fingerprint density at radius 1 is 1.45 bits per heavy atom. The number of aromatic nitrogens is 2. The summed E-state index contributed by atoms with van der Waals surface area (Å²) in [6, 6.07) is -2.89. The molecule has 4 heteroatoms. The summed E-state index contributed by atoms with van der Waals surface area (Å²) in [6.45, 7) is 4.21. The highest BCUT2D eigenvalue weighted by atomic mass is 19.3. The molecule has 0 radical (unpaired) electrons. The quantitative estimate of drug-likeness (QED) is 0.615. The molecule has 11 heavy (non-hydrogen) atoms. The summed E-state index contributed by atoms with van der Waals surface area (Å²) in [4.78, 5) is 0. The van der Waals surface area contributed by atoms with Crippen molar-refractivity contribution in [3.05, 3.63) is 17.5 Å². The lowest BCUT2D eigenvalue weighted by Crippen LogP contribution is -2.21. The molecular weight excluding hydrogens is 150 g/mol. The molecule has 0 aliphatic heterocycles. The highest BCUT2D eigenvalue weighted by molar-refractivity contribution is 5.13. The van der Waals surface area contributed by atoms with Crippen LogP contribution in [0.4, 0.5) is 8.78 Å². The van der Waals surface area contributed by atoms with Crippen molar-refractivity contribution in [2.24, 2.45) is 0 Å². The number of rotatable bonds is 1. The van der Waals surface area contributed by atoms with Crippen LogP contribution in [-0.2, 0) is 6.05 Å². The second kappa shape index (κ2) is 2.29. The molecular formula is C7H10F2N2. The van der Waals surface area contributed by atoms with E-state index in [-0.39, 0.29) is 0 Å². The van der Waals surface area contributed by atoms with E-state index in [1.54, 1.807) is 13.8 Å². The van der Waals surface area contributed by atoms with Gasteiger partial charge in [0.2, 0.25) is 0 Å². The first-order valence-electron chi connectivity index (χ1n) is 3.32. The molecule has 0 aliphatic carbocycles. The molecule has 0 amide bonds. The van der Waals surface area contributed by atoms with E-state index in [4.69, 9.17) is 0 Å². The van der Waals surface area contributed by atoms with Crippen molar-refractivity contribution in [3.63, 3.8) is 0 Å². The van der Waals surface area contributed by atoms with E-state index < -0.39 is 6.05 Å².